The van der Waals surface area contributed by atoms with Crippen LogP contribution in [0.3, 0.4) is 0 Å². The van der Waals surface area contributed by atoms with Gasteiger partial charge in [0.2, 0.25) is 0 Å². The summed E-state index contributed by atoms with van der Waals surface area (Å²) in [7, 11) is 0. The third-order valence-electron chi connectivity index (χ3n) is 4.25. The molecule has 0 bridgehead atoms. The first-order valence-electron chi connectivity index (χ1n) is 7.76. The average Bonchev–Trinajstić information content (AvgIpc) is 2.91. The van der Waals surface area contributed by atoms with Crippen LogP contribution in [-0.2, 0) is 11.3 Å². The van der Waals surface area contributed by atoms with Crippen LogP contribution < -0.4 is 10.6 Å². The highest BCUT2D eigenvalue weighted by molar-refractivity contribution is 6.01. The number of carbonyl (C=O) groups excluding carboxylic acids is 2. The average molecular weight is 320 g/mol. The van der Waals surface area contributed by atoms with Crippen molar-refractivity contribution in [2.24, 2.45) is 0 Å². The fourth-order valence-corrected chi connectivity index (χ4v) is 3.16. The number of rotatable bonds is 3. The van der Waals surface area contributed by atoms with Gasteiger partial charge in [-0.15, -0.1) is 0 Å². The molecular formula is C18H16N4O2. The van der Waals surface area contributed by atoms with Crippen molar-refractivity contribution in [1.82, 2.24) is 20.5 Å². The summed E-state index contributed by atoms with van der Waals surface area (Å²) in [5.41, 5.74) is 3.16. The number of benzene rings is 1. The standard InChI is InChI=1S/C18H16N4O2/c23-17-15-14(11-22(17)10-12-5-4-8-19-9-12)20-18(24)21-16(15)13-6-2-1-3-7-13/h1-9,16H,10-11H2,(H2,20,21,24). The van der Waals surface area contributed by atoms with Gasteiger partial charge in [0.15, 0.2) is 0 Å². The largest absolute Gasteiger partial charge is 0.329 e. The van der Waals surface area contributed by atoms with E-state index in [0.717, 1.165) is 11.1 Å². The van der Waals surface area contributed by atoms with E-state index in [9.17, 15) is 9.59 Å². The fraction of sp³-hybridized carbons (Fsp3) is 0.167. The normalized spacial score (nSPS) is 19.8. The van der Waals surface area contributed by atoms with E-state index in [-0.39, 0.29) is 11.9 Å². The molecule has 1 aromatic carbocycles. The molecule has 3 amide bonds. The summed E-state index contributed by atoms with van der Waals surface area (Å²) in [5.74, 6) is -0.0600. The molecule has 24 heavy (non-hydrogen) atoms. The first-order valence-corrected chi connectivity index (χ1v) is 7.76. The second kappa shape index (κ2) is 5.81. The Bertz CT molecular complexity index is 817. The van der Waals surface area contributed by atoms with E-state index in [1.165, 1.54) is 0 Å². The minimum Gasteiger partial charge on any atom is -0.329 e. The molecule has 0 fully saturated rings. The number of nitrogens with zero attached hydrogens (tertiary/aromatic N) is 2. The minimum atomic E-state index is -0.415. The van der Waals surface area contributed by atoms with Crippen LogP contribution in [0.15, 0.2) is 66.1 Å². The molecule has 120 valence electrons. The van der Waals surface area contributed by atoms with E-state index in [0.29, 0.717) is 24.4 Å². The molecule has 1 aromatic heterocycles. The monoisotopic (exact) mass is 320 g/mol. The Kier molecular flexibility index (Phi) is 3.49. The Balaban J connectivity index is 1.63. The molecule has 2 N–H and O–H groups in total. The number of amides is 3. The quantitative estimate of drug-likeness (QED) is 0.904. The molecule has 4 rings (SSSR count). The molecule has 2 aliphatic rings. The van der Waals surface area contributed by atoms with E-state index < -0.39 is 6.04 Å². The number of hydrogen-bond donors (Lipinski definition) is 2. The van der Waals surface area contributed by atoms with Crippen LogP contribution in [0.4, 0.5) is 4.79 Å². The van der Waals surface area contributed by atoms with Crippen molar-refractivity contribution < 1.29 is 9.59 Å². The molecule has 0 spiro atoms. The van der Waals surface area contributed by atoms with Gasteiger partial charge in [-0.05, 0) is 17.2 Å². The Hall–Kier alpha value is -3.15. The number of aromatic nitrogens is 1. The summed E-state index contributed by atoms with van der Waals surface area (Å²) in [6.45, 7) is 0.872. The first kappa shape index (κ1) is 14.4. The maximum Gasteiger partial charge on any atom is 0.319 e. The van der Waals surface area contributed by atoms with Gasteiger partial charge in [0, 0.05) is 18.9 Å². The van der Waals surface area contributed by atoms with Gasteiger partial charge in [0.05, 0.1) is 23.9 Å². The molecule has 0 saturated heterocycles. The Morgan fingerprint density at radius 1 is 1.12 bits per heavy atom. The summed E-state index contributed by atoms with van der Waals surface area (Å²) < 4.78 is 0. The topological polar surface area (TPSA) is 74.3 Å². The van der Waals surface area contributed by atoms with Crippen LogP contribution in [-0.4, -0.2) is 28.4 Å². The third kappa shape index (κ3) is 2.52. The van der Waals surface area contributed by atoms with Crippen LogP contribution in [0, 0.1) is 0 Å². The molecule has 2 aromatic rings. The highest BCUT2D eigenvalue weighted by Crippen LogP contribution is 2.32. The van der Waals surface area contributed by atoms with Crippen LogP contribution in [0.5, 0.6) is 0 Å². The molecule has 3 heterocycles. The zero-order chi connectivity index (χ0) is 16.5. The van der Waals surface area contributed by atoms with Gasteiger partial charge in [-0.25, -0.2) is 4.79 Å². The van der Waals surface area contributed by atoms with E-state index >= 15 is 0 Å². The van der Waals surface area contributed by atoms with Gasteiger partial charge in [0.25, 0.3) is 5.91 Å². The summed E-state index contributed by atoms with van der Waals surface area (Å²) >= 11 is 0. The van der Waals surface area contributed by atoms with Crippen LogP contribution in [0.25, 0.3) is 0 Å². The highest BCUT2D eigenvalue weighted by atomic mass is 16.2. The number of nitrogens with one attached hydrogen (secondary N) is 2. The van der Waals surface area contributed by atoms with Gasteiger partial charge in [-0.3, -0.25) is 9.78 Å². The van der Waals surface area contributed by atoms with Crippen molar-refractivity contribution in [3.63, 3.8) is 0 Å². The lowest BCUT2D eigenvalue weighted by atomic mass is 9.96. The Labute approximate surface area is 139 Å². The second-order valence-corrected chi connectivity index (χ2v) is 5.86. The van der Waals surface area contributed by atoms with Gasteiger partial charge in [-0.2, -0.15) is 0 Å². The van der Waals surface area contributed by atoms with Crippen molar-refractivity contribution in [3.05, 3.63) is 77.3 Å². The molecule has 1 unspecified atom stereocenters. The summed E-state index contributed by atoms with van der Waals surface area (Å²) in [6, 6.07) is 12.6. The maximum absolute atomic E-state index is 12.9. The number of pyridine rings is 1. The third-order valence-corrected chi connectivity index (χ3v) is 4.25. The fourth-order valence-electron chi connectivity index (χ4n) is 3.16. The number of urea groups is 1. The molecule has 2 aliphatic heterocycles. The van der Waals surface area contributed by atoms with E-state index in [1.54, 1.807) is 17.3 Å². The van der Waals surface area contributed by atoms with Crippen molar-refractivity contribution in [3.8, 4) is 0 Å². The van der Waals surface area contributed by atoms with Gasteiger partial charge in [-0.1, -0.05) is 36.4 Å². The molecule has 6 nitrogen and oxygen atoms in total. The maximum atomic E-state index is 12.9. The van der Waals surface area contributed by atoms with Gasteiger partial charge in [0.1, 0.15) is 0 Å². The molecular weight excluding hydrogens is 304 g/mol. The Morgan fingerprint density at radius 2 is 1.96 bits per heavy atom. The lowest BCUT2D eigenvalue weighted by Crippen LogP contribution is -2.44. The lowest BCUT2D eigenvalue weighted by Gasteiger charge is -2.25. The molecule has 1 atom stereocenters. The van der Waals surface area contributed by atoms with E-state index in [4.69, 9.17) is 0 Å². The second-order valence-electron chi connectivity index (χ2n) is 5.86. The summed E-state index contributed by atoms with van der Waals surface area (Å²) in [5, 5.41) is 5.63. The van der Waals surface area contributed by atoms with Crippen molar-refractivity contribution in [2.45, 2.75) is 12.6 Å². The molecule has 0 aliphatic carbocycles. The van der Waals surface area contributed by atoms with Crippen LogP contribution in [0.2, 0.25) is 0 Å². The highest BCUT2D eigenvalue weighted by Gasteiger charge is 2.40. The predicted octanol–water partition coefficient (Wildman–Crippen LogP) is 1.73. The van der Waals surface area contributed by atoms with Crippen LogP contribution in [0.1, 0.15) is 17.2 Å². The first-order chi connectivity index (χ1) is 11.7. The number of carbonyl (C=O) groups is 2. The lowest BCUT2D eigenvalue weighted by molar-refractivity contribution is -0.126. The van der Waals surface area contributed by atoms with E-state index in [2.05, 4.69) is 15.6 Å². The van der Waals surface area contributed by atoms with E-state index in [1.807, 2.05) is 42.5 Å². The van der Waals surface area contributed by atoms with Crippen LogP contribution >= 0.6 is 0 Å². The summed E-state index contributed by atoms with van der Waals surface area (Å²) in [6.07, 6.45) is 3.45. The predicted molar refractivity (Wildman–Crippen MR) is 87.5 cm³/mol. The zero-order valence-corrected chi connectivity index (χ0v) is 12.9. The van der Waals surface area contributed by atoms with Gasteiger partial charge >= 0.3 is 6.03 Å². The van der Waals surface area contributed by atoms with Gasteiger partial charge < -0.3 is 15.5 Å². The van der Waals surface area contributed by atoms with Crippen molar-refractivity contribution in [1.29, 1.82) is 0 Å². The van der Waals surface area contributed by atoms with Crippen molar-refractivity contribution in [2.75, 3.05) is 6.54 Å². The molecule has 0 radical (unpaired) electrons. The molecule has 0 saturated carbocycles. The summed E-state index contributed by atoms with van der Waals surface area (Å²) in [4.78, 5) is 30.7. The Morgan fingerprint density at radius 3 is 2.71 bits per heavy atom. The molecule has 6 heteroatoms. The SMILES string of the molecule is O=C1NC2=C(C(=O)N(Cc3cccnc3)C2)C(c2ccccc2)N1. The zero-order valence-electron chi connectivity index (χ0n) is 12.9. The smallest absolute Gasteiger partial charge is 0.319 e. The van der Waals surface area contributed by atoms with Crippen molar-refractivity contribution >= 4 is 11.9 Å². The minimum absolute atomic E-state index is 0.0600. The number of hydrogen-bond acceptors (Lipinski definition) is 3.